The normalized spacial score (nSPS) is 18.1. The molecule has 1 saturated heterocycles. The molecule has 36 heavy (non-hydrogen) atoms. The SMILES string of the molecule is CCOC(=O)c1cc(C2CCN(C(=O)O)C(C(C)(C)C)C2)n(-c2ccc(Oc3ccccc3)cc2)n1. The molecule has 0 aliphatic carbocycles. The van der Waals surface area contributed by atoms with Gasteiger partial charge in [0.15, 0.2) is 5.69 Å². The Morgan fingerprint density at radius 1 is 1.06 bits per heavy atom. The van der Waals surface area contributed by atoms with Crippen molar-refractivity contribution in [3.63, 3.8) is 0 Å². The number of benzene rings is 2. The maximum Gasteiger partial charge on any atom is 0.407 e. The smallest absolute Gasteiger partial charge is 0.407 e. The van der Waals surface area contributed by atoms with E-state index in [0.717, 1.165) is 17.1 Å². The van der Waals surface area contributed by atoms with Gasteiger partial charge in [0.2, 0.25) is 0 Å². The van der Waals surface area contributed by atoms with Crippen LogP contribution in [-0.2, 0) is 4.74 Å². The van der Waals surface area contributed by atoms with Gasteiger partial charge in [-0.3, -0.25) is 0 Å². The molecule has 190 valence electrons. The Morgan fingerprint density at radius 3 is 2.33 bits per heavy atom. The lowest BCUT2D eigenvalue weighted by atomic mass is 9.76. The molecule has 1 fully saturated rings. The third-order valence-electron chi connectivity index (χ3n) is 6.55. The molecule has 1 N–H and O–H groups in total. The van der Waals surface area contributed by atoms with Gasteiger partial charge in [0.25, 0.3) is 0 Å². The summed E-state index contributed by atoms with van der Waals surface area (Å²) in [4.78, 5) is 26.0. The van der Waals surface area contributed by atoms with Crippen LogP contribution in [0, 0.1) is 5.41 Å². The minimum Gasteiger partial charge on any atom is -0.465 e. The number of carbonyl (C=O) groups is 2. The van der Waals surface area contributed by atoms with Gasteiger partial charge < -0.3 is 19.5 Å². The Hall–Kier alpha value is -3.81. The van der Waals surface area contributed by atoms with E-state index in [4.69, 9.17) is 9.47 Å². The highest BCUT2D eigenvalue weighted by Gasteiger charge is 2.40. The fourth-order valence-electron chi connectivity index (χ4n) is 4.76. The number of carbonyl (C=O) groups excluding carboxylic acids is 1. The van der Waals surface area contributed by atoms with Crippen molar-refractivity contribution in [2.24, 2.45) is 5.41 Å². The van der Waals surface area contributed by atoms with Gasteiger partial charge in [0.1, 0.15) is 11.5 Å². The highest BCUT2D eigenvalue weighted by Crippen LogP contribution is 2.40. The van der Waals surface area contributed by atoms with Gasteiger partial charge in [0.05, 0.1) is 12.3 Å². The molecule has 8 nitrogen and oxygen atoms in total. The van der Waals surface area contributed by atoms with E-state index in [-0.39, 0.29) is 29.7 Å². The monoisotopic (exact) mass is 491 g/mol. The first-order valence-electron chi connectivity index (χ1n) is 12.3. The third-order valence-corrected chi connectivity index (χ3v) is 6.55. The molecule has 1 amide bonds. The lowest BCUT2D eigenvalue weighted by molar-refractivity contribution is 0.0515. The Balaban J connectivity index is 1.67. The van der Waals surface area contributed by atoms with Crippen molar-refractivity contribution < 1.29 is 24.2 Å². The van der Waals surface area contributed by atoms with Gasteiger partial charge in [-0.25, -0.2) is 14.3 Å². The molecule has 0 bridgehead atoms. The Kier molecular flexibility index (Phi) is 7.33. The zero-order chi connectivity index (χ0) is 25.9. The van der Waals surface area contributed by atoms with Crippen molar-refractivity contribution in [1.82, 2.24) is 14.7 Å². The number of para-hydroxylation sites is 1. The average Bonchev–Trinajstić information content (AvgIpc) is 3.30. The minimum atomic E-state index is -0.900. The lowest BCUT2D eigenvalue weighted by Crippen LogP contribution is -2.51. The maximum atomic E-state index is 12.5. The molecule has 2 unspecified atom stereocenters. The number of hydrogen-bond acceptors (Lipinski definition) is 5. The highest BCUT2D eigenvalue weighted by molar-refractivity contribution is 5.87. The van der Waals surface area contributed by atoms with Crippen LogP contribution < -0.4 is 4.74 Å². The number of amides is 1. The predicted molar refractivity (Wildman–Crippen MR) is 136 cm³/mol. The number of likely N-dealkylation sites (tertiary alicyclic amines) is 1. The summed E-state index contributed by atoms with van der Waals surface area (Å²) in [6.07, 6.45) is 0.379. The summed E-state index contributed by atoms with van der Waals surface area (Å²) in [5, 5.41) is 14.4. The number of aromatic nitrogens is 2. The molecule has 0 radical (unpaired) electrons. The Bertz CT molecular complexity index is 1200. The van der Waals surface area contributed by atoms with Gasteiger partial charge in [-0.05, 0) is 67.6 Å². The van der Waals surface area contributed by atoms with Crippen molar-refractivity contribution in [3.05, 3.63) is 72.1 Å². The van der Waals surface area contributed by atoms with Crippen LogP contribution >= 0.6 is 0 Å². The van der Waals surface area contributed by atoms with Crippen LogP contribution in [0.15, 0.2) is 60.7 Å². The zero-order valence-corrected chi connectivity index (χ0v) is 21.2. The number of hydrogen-bond donors (Lipinski definition) is 1. The fourth-order valence-corrected chi connectivity index (χ4v) is 4.76. The summed E-state index contributed by atoms with van der Waals surface area (Å²) in [7, 11) is 0. The number of rotatable bonds is 6. The van der Waals surface area contributed by atoms with Crippen molar-refractivity contribution in [3.8, 4) is 17.2 Å². The Labute approximate surface area is 211 Å². The number of piperidine rings is 1. The second-order valence-corrected chi connectivity index (χ2v) is 10.1. The summed E-state index contributed by atoms with van der Waals surface area (Å²) >= 11 is 0. The Morgan fingerprint density at radius 2 is 1.72 bits per heavy atom. The molecule has 3 aromatic rings. The van der Waals surface area contributed by atoms with Crippen molar-refractivity contribution in [1.29, 1.82) is 0 Å². The van der Waals surface area contributed by atoms with Crippen LogP contribution in [0.2, 0.25) is 0 Å². The van der Waals surface area contributed by atoms with E-state index in [1.165, 1.54) is 0 Å². The van der Waals surface area contributed by atoms with E-state index < -0.39 is 12.1 Å². The van der Waals surface area contributed by atoms with Crippen molar-refractivity contribution in [2.45, 2.75) is 52.5 Å². The predicted octanol–water partition coefficient (Wildman–Crippen LogP) is 6.11. The van der Waals surface area contributed by atoms with Crippen LogP contribution in [0.25, 0.3) is 5.69 Å². The van der Waals surface area contributed by atoms with Crippen molar-refractivity contribution in [2.75, 3.05) is 13.2 Å². The molecular formula is C28H33N3O5. The average molecular weight is 492 g/mol. The lowest BCUT2D eigenvalue weighted by Gasteiger charge is -2.44. The topological polar surface area (TPSA) is 93.9 Å². The van der Waals surface area contributed by atoms with E-state index in [1.54, 1.807) is 22.6 Å². The molecule has 1 aliphatic rings. The third kappa shape index (κ3) is 5.53. The molecule has 1 aliphatic heterocycles. The first-order chi connectivity index (χ1) is 17.2. The van der Waals surface area contributed by atoms with Gasteiger partial charge >= 0.3 is 12.1 Å². The zero-order valence-electron chi connectivity index (χ0n) is 21.2. The van der Waals surface area contributed by atoms with Gasteiger partial charge in [-0.15, -0.1) is 0 Å². The summed E-state index contributed by atoms with van der Waals surface area (Å²) in [5.74, 6) is 0.984. The van der Waals surface area contributed by atoms with Gasteiger partial charge in [-0.2, -0.15) is 5.10 Å². The molecule has 2 aromatic carbocycles. The first-order valence-corrected chi connectivity index (χ1v) is 12.3. The van der Waals surface area contributed by atoms with E-state index >= 15 is 0 Å². The fraction of sp³-hybridized carbons (Fsp3) is 0.393. The molecule has 2 atom stereocenters. The van der Waals surface area contributed by atoms with Crippen LogP contribution in [0.3, 0.4) is 0 Å². The summed E-state index contributed by atoms with van der Waals surface area (Å²) in [6, 6.07) is 18.7. The maximum absolute atomic E-state index is 12.5. The van der Waals surface area contributed by atoms with Crippen molar-refractivity contribution >= 4 is 12.1 Å². The number of carboxylic acid groups (broad SMARTS) is 1. The van der Waals surface area contributed by atoms with E-state index in [2.05, 4.69) is 25.9 Å². The number of esters is 1. The number of ether oxygens (including phenoxy) is 2. The molecule has 4 rings (SSSR count). The second kappa shape index (κ2) is 10.4. The van der Waals surface area contributed by atoms with Crippen LogP contribution in [0.5, 0.6) is 11.5 Å². The minimum absolute atomic E-state index is 0.0285. The molecule has 8 heteroatoms. The number of nitrogens with zero attached hydrogens (tertiary/aromatic N) is 3. The second-order valence-electron chi connectivity index (χ2n) is 10.1. The molecule has 0 saturated carbocycles. The quantitative estimate of drug-likeness (QED) is 0.418. The van der Waals surface area contributed by atoms with Gasteiger partial charge in [-0.1, -0.05) is 39.0 Å². The standard InChI is InChI=1S/C28H33N3O5/c1-5-35-26(32)23-18-24(19-15-16-30(27(33)34)25(17-19)28(2,3)4)31(29-23)20-11-13-22(14-12-20)36-21-9-7-6-8-10-21/h6-14,18-19,25H,5,15-17H2,1-4H3,(H,33,34). The summed E-state index contributed by atoms with van der Waals surface area (Å²) < 4.78 is 12.9. The van der Waals surface area contributed by atoms with Crippen LogP contribution in [0.1, 0.15) is 62.6 Å². The van der Waals surface area contributed by atoms with Crippen LogP contribution in [0.4, 0.5) is 4.79 Å². The summed E-state index contributed by atoms with van der Waals surface area (Å²) in [6.45, 7) is 8.62. The molecule has 1 aromatic heterocycles. The summed E-state index contributed by atoms with van der Waals surface area (Å²) in [5.41, 5.74) is 1.66. The van der Waals surface area contributed by atoms with Crippen LogP contribution in [-0.4, -0.2) is 51.0 Å². The largest absolute Gasteiger partial charge is 0.465 e. The molecule has 2 heterocycles. The first kappa shape index (κ1) is 25.3. The van der Waals surface area contributed by atoms with E-state index in [9.17, 15) is 14.7 Å². The van der Waals surface area contributed by atoms with E-state index in [1.807, 2.05) is 54.6 Å². The highest BCUT2D eigenvalue weighted by atomic mass is 16.5. The van der Waals surface area contributed by atoms with Gasteiger partial charge in [0, 0.05) is 24.2 Å². The van der Waals surface area contributed by atoms with E-state index in [0.29, 0.717) is 25.1 Å². The molecule has 0 spiro atoms. The molecular weight excluding hydrogens is 458 g/mol.